The molecule has 0 saturated carbocycles. The lowest BCUT2D eigenvalue weighted by molar-refractivity contribution is 0.217. The van der Waals surface area contributed by atoms with Crippen molar-refractivity contribution in [2.45, 2.75) is 26.2 Å². The molecular weight excluding hydrogens is 451 g/mol. The molecule has 3 heterocycles. The number of rotatable bonds is 9. The van der Waals surface area contributed by atoms with Crippen LogP contribution in [-0.2, 0) is 26.2 Å². The number of hydrogen-bond acceptors (Lipinski definition) is 7. The molecule has 0 aliphatic rings. The van der Waals surface area contributed by atoms with Crippen LogP contribution in [-0.4, -0.2) is 37.2 Å². The first kappa shape index (κ1) is 22.5. The van der Waals surface area contributed by atoms with E-state index in [2.05, 4.69) is 20.5 Å². The van der Waals surface area contributed by atoms with Gasteiger partial charge in [-0.15, -0.1) is 5.10 Å². The van der Waals surface area contributed by atoms with Gasteiger partial charge in [-0.1, -0.05) is 12.1 Å². The fourth-order valence-electron chi connectivity index (χ4n) is 3.93. The number of H-pyrrole nitrogens is 1. The predicted octanol–water partition coefficient (Wildman–Crippen LogP) is 3.51. The van der Waals surface area contributed by atoms with Crippen molar-refractivity contribution in [1.29, 1.82) is 0 Å². The average Bonchev–Trinajstić information content (AvgIpc) is 3.53. The van der Waals surface area contributed by atoms with E-state index in [4.69, 9.17) is 9.15 Å². The Labute approximate surface area is 199 Å². The summed E-state index contributed by atoms with van der Waals surface area (Å²) in [5, 5.41) is 13.0. The van der Waals surface area contributed by atoms with E-state index in [1.165, 1.54) is 12.1 Å². The number of ether oxygens (including phenoxy) is 1. The van der Waals surface area contributed by atoms with Crippen molar-refractivity contribution < 1.29 is 13.5 Å². The van der Waals surface area contributed by atoms with Crippen LogP contribution >= 0.6 is 0 Å². The number of furan rings is 1. The van der Waals surface area contributed by atoms with Gasteiger partial charge in [-0.25, -0.2) is 9.07 Å². The fourth-order valence-corrected chi connectivity index (χ4v) is 3.93. The third kappa shape index (κ3) is 5.28. The first-order valence-corrected chi connectivity index (χ1v) is 11.0. The van der Waals surface area contributed by atoms with E-state index in [1.54, 1.807) is 30.2 Å². The molecule has 0 aliphatic heterocycles. The van der Waals surface area contributed by atoms with Crippen LogP contribution in [0.15, 0.2) is 76.1 Å². The SMILES string of the molecule is COc1ccc2[nH]c(=O)c(CN(Cc3ccco3)Cc3nnnn3Cc3ccc(F)cc3)cc2c1. The second-order valence-corrected chi connectivity index (χ2v) is 8.18. The summed E-state index contributed by atoms with van der Waals surface area (Å²) in [5.74, 6) is 1.78. The minimum absolute atomic E-state index is 0.169. The van der Waals surface area contributed by atoms with Gasteiger partial charge in [0, 0.05) is 23.0 Å². The van der Waals surface area contributed by atoms with Gasteiger partial charge in [0.2, 0.25) is 0 Å². The third-order valence-corrected chi connectivity index (χ3v) is 5.70. The zero-order valence-corrected chi connectivity index (χ0v) is 19.0. The van der Waals surface area contributed by atoms with Crippen LogP contribution in [0.3, 0.4) is 0 Å². The molecule has 3 aromatic heterocycles. The lowest BCUT2D eigenvalue weighted by Gasteiger charge is -2.20. The van der Waals surface area contributed by atoms with Gasteiger partial charge in [0.15, 0.2) is 5.82 Å². The van der Waals surface area contributed by atoms with Gasteiger partial charge in [-0.3, -0.25) is 9.69 Å². The molecule has 1 N–H and O–H groups in total. The highest BCUT2D eigenvalue weighted by molar-refractivity contribution is 5.80. The van der Waals surface area contributed by atoms with Crippen molar-refractivity contribution in [2.24, 2.45) is 0 Å². The number of hydrogen-bond donors (Lipinski definition) is 1. The molecule has 10 heteroatoms. The molecular formula is C25H23FN6O3. The van der Waals surface area contributed by atoms with Crippen molar-refractivity contribution >= 4 is 10.9 Å². The number of benzene rings is 2. The summed E-state index contributed by atoms with van der Waals surface area (Å²) in [6.07, 6.45) is 1.61. The largest absolute Gasteiger partial charge is 0.497 e. The molecule has 35 heavy (non-hydrogen) atoms. The number of nitrogens with one attached hydrogen (secondary N) is 1. The quantitative estimate of drug-likeness (QED) is 0.349. The van der Waals surface area contributed by atoms with Crippen LogP contribution in [0.5, 0.6) is 5.75 Å². The highest BCUT2D eigenvalue weighted by Gasteiger charge is 2.17. The molecule has 178 valence electrons. The summed E-state index contributed by atoms with van der Waals surface area (Å²) in [6.45, 7) is 1.55. The summed E-state index contributed by atoms with van der Waals surface area (Å²) < 4.78 is 25.8. The number of tetrazole rings is 1. The fraction of sp³-hybridized carbons (Fsp3) is 0.200. The van der Waals surface area contributed by atoms with Crippen LogP contribution in [0.25, 0.3) is 10.9 Å². The molecule has 5 rings (SSSR count). The topological polar surface area (TPSA) is 102 Å². The molecule has 0 atom stereocenters. The summed E-state index contributed by atoms with van der Waals surface area (Å²) in [4.78, 5) is 17.8. The Morgan fingerprint density at radius 1 is 1.09 bits per heavy atom. The molecule has 0 fully saturated rings. The van der Waals surface area contributed by atoms with Crippen LogP contribution in [0.4, 0.5) is 4.39 Å². The minimum atomic E-state index is -0.298. The van der Waals surface area contributed by atoms with E-state index >= 15 is 0 Å². The lowest BCUT2D eigenvalue weighted by Crippen LogP contribution is -2.28. The van der Waals surface area contributed by atoms with Crippen molar-refractivity contribution in [3.63, 3.8) is 0 Å². The van der Waals surface area contributed by atoms with Crippen molar-refractivity contribution in [3.8, 4) is 5.75 Å². The standard InChI is InChI=1S/C25H23FN6O3/c1-34-21-8-9-23-18(12-21)11-19(25(33)27-23)14-31(15-22-3-2-10-35-22)16-24-28-29-30-32(24)13-17-4-6-20(26)7-5-17/h2-12H,13-16H2,1H3,(H,27,33). The summed E-state index contributed by atoms with van der Waals surface area (Å²) in [7, 11) is 1.61. The van der Waals surface area contributed by atoms with E-state index in [0.717, 1.165) is 22.2 Å². The first-order chi connectivity index (χ1) is 17.1. The second-order valence-electron chi connectivity index (χ2n) is 8.18. The number of fused-ring (bicyclic) bond motifs is 1. The molecule has 0 bridgehead atoms. The Balaban J connectivity index is 1.42. The number of nitrogens with zero attached hydrogens (tertiary/aromatic N) is 5. The van der Waals surface area contributed by atoms with Gasteiger partial charge in [-0.05, 0) is 64.5 Å². The maximum Gasteiger partial charge on any atom is 0.252 e. The number of aromatic amines is 1. The van der Waals surface area contributed by atoms with Crippen molar-refractivity contribution in [2.75, 3.05) is 7.11 Å². The molecule has 0 unspecified atom stereocenters. The number of pyridine rings is 1. The summed E-state index contributed by atoms with van der Waals surface area (Å²) >= 11 is 0. The molecule has 0 spiro atoms. The van der Waals surface area contributed by atoms with E-state index in [1.807, 2.05) is 41.3 Å². The maximum atomic E-state index is 13.3. The molecule has 0 radical (unpaired) electrons. The Morgan fingerprint density at radius 3 is 2.71 bits per heavy atom. The van der Waals surface area contributed by atoms with Gasteiger partial charge in [0.05, 0.1) is 33.0 Å². The molecule has 0 amide bonds. The molecule has 9 nitrogen and oxygen atoms in total. The van der Waals surface area contributed by atoms with Gasteiger partial charge in [0.1, 0.15) is 17.3 Å². The van der Waals surface area contributed by atoms with Crippen LogP contribution in [0, 0.1) is 5.82 Å². The number of methoxy groups -OCH3 is 1. The molecule has 2 aromatic carbocycles. The average molecular weight is 474 g/mol. The monoisotopic (exact) mass is 474 g/mol. The molecule has 0 aliphatic carbocycles. The maximum absolute atomic E-state index is 13.3. The van der Waals surface area contributed by atoms with E-state index in [-0.39, 0.29) is 11.4 Å². The normalized spacial score (nSPS) is 11.4. The minimum Gasteiger partial charge on any atom is -0.497 e. The van der Waals surface area contributed by atoms with Gasteiger partial charge in [0.25, 0.3) is 5.56 Å². The smallest absolute Gasteiger partial charge is 0.252 e. The lowest BCUT2D eigenvalue weighted by atomic mass is 10.1. The molecule has 0 saturated heterocycles. The van der Waals surface area contributed by atoms with E-state index < -0.39 is 0 Å². The van der Waals surface area contributed by atoms with Crippen molar-refractivity contribution in [3.05, 3.63) is 106 Å². The zero-order valence-electron chi connectivity index (χ0n) is 19.0. The highest BCUT2D eigenvalue weighted by atomic mass is 19.1. The Kier molecular flexibility index (Phi) is 6.36. The number of aromatic nitrogens is 5. The van der Waals surface area contributed by atoms with E-state index in [9.17, 15) is 9.18 Å². The second kappa shape index (κ2) is 9.90. The molecule has 5 aromatic rings. The van der Waals surface area contributed by atoms with E-state index in [0.29, 0.717) is 43.3 Å². The van der Waals surface area contributed by atoms with Gasteiger partial charge in [-0.2, -0.15) is 0 Å². The van der Waals surface area contributed by atoms with Crippen LogP contribution in [0.1, 0.15) is 22.7 Å². The Hall–Kier alpha value is -4.31. The van der Waals surface area contributed by atoms with Crippen molar-refractivity contribution in [1.82, 2.24) is 30.1 Å². The summed E-state index contributed by atoms with van der Waals surface area (Å²) in [6, 6.07) is 17.3. The third-order valence-electron chi connectivity index (χ3n) is 5.70. The van der Waals surface area contributed by atoms with Crippen LogP contribution < -0.4 is 10.3 Å². The Morgan fingerprint density at radius 2 is 1.94 bits per heavy atom. The van der Waals surface area contributed by atoms with Gasteiger partial charge < -0.3 is 14.1 Å². The predicted molar refractivity (Wildman–Crippen MR) is 126 cm³/mol. The summed E-state index contributed by atoms with van der Waals surface area (Å²) in [5.41, 5.74) is 2.03. The van der Waals surface area contributed by atoms with Crippen LogP contribution in [0.2, 0.25) is 0 Å². The first-order valence-electron chi connectivity index (χ1n) is 11.0. The zero-order chi connectivity index (χ0) is 24.2. The highest BCUT2D eigenvalue weighted by Crippen LogP contribution is 2.20. The number of halogens is 1. The Bertz CT molecular complexity index is 1480. The van der Waals surface area contributed by atoms with Gasteiger partial charge >= 0.3 is 0 Å².